The molecule has 1 saturated heterocycles. The van der Waals surface area contributed by atoms with E-state index in [1.165, 1.54) is 5.75 Å². The van der Waals surface area contributed by atoms with Crippen LogP contribution in [0.2, 0.25) is 0 Å². The lowest BCUT2D eigenvalue weighted by Crippen LogP contribution is -2.25. The highest BCUT2D eigenvalue weighted by atomic mass is 32.2. The third-order valence-electron chi connectivity index (χ3n) is 3.09. The first-order chi connectivity index (χ1) is 9.24. The normalized spacial score (nSPS) is 23.5. The molecule has 2 heterocycles. The minimum atomic E-state index is -0.0380. The maximum Gasteiger partial charge on any atom is 0.251 e. The van der Waals surface area contributed by atoms with Crippen LogP contribution < -0.4 is 10.9 Å². The molecule has 0 aromatic carbocycles. The Bertz CT molecular complexity index is 463. The Labute approximate surface area is 122 Å². The van der Waals surface area contributed by atoms with Crippen LogP contribution in [0.4, 0.5) is 0 Å². The summed E-state index contributed by atoms with van der Waals surface area (Å²) in [4.78, 5) is 19.3. The van der Waals surface area contributed by atoms with Gasteiger partial charge in [0.15, 0.2) is 0 Å². The van der Waals surface area contributed by atoms with Gasteiger partial charge in [0.25, 0.3) is 5.56 Å². The van der Waals surface area contributed by atoms with Crippen LogP contribution in [-0.4, -0.2) is 33.3 Å². The standard InChI is InChI=1S/C13H21N3OS2/c1-3-10-12(19-6-5-18-10)13-15-9(8-14-4-2)7-11(17)16-13/h7,10,12,14H,3-6,8H2,1-2H3,(H,15,16,17). The van der Waals surface area contributed by atoms with Gasteiger partial charge in [0.2, 0.25) is 0 Å². The fourth-order valence-electron chi connectivity index (χ4n) is 2.16. The van der Waals surface area contributed by atoms with Gasteiger partial charge in [-0.05, 0) is 13.0 Å². The van der Waals surface area contributed by atoms with Crippen LogP contribution in [-0.2, 0) is 6.54 Å². The zero-order chi connectivity index (χ0) is 13.7. The molecule has 1 aliphatic heterocycles. The first kappa shape index (κ1) is 14.9. The third-order valence-corrected chi connectivity index (χ3v) is 6.35. The summed E-state index contributed by atoms with van der Waals surface area (Å²) in [6.07, 6.45) is 1.11. The fraction of sp³-hybridized carbons (Fsp3) is 0.692. The van der Waals surface area contributed by atoms with Crippen molar-refractivity contribution in [3.05, 3.63) is 27.9 Å². The molecule has 0 radical (unpaired) electrons. The summed E-state index contributed by atoms with van der Waals surface area (Å²) in [6.45, 7) is 5.80. The average molecular weight is 299 g/mol. The Morgan fingerprint density at radius 3 is 2.95 bits per heavy atom. The smallest absolute Gasteiger partial charge is 0.251 e. The zero-order valence-corrected chi connectivity index (χ0v) is 13.1. The molecule has 0 aliphatic carbocycles. The molecule has 0 saturated carbocycles. The molecule has 2 N–H and O–H groups in total. The number of aromatic amines is 1. The van der Waals surface area contributed by atoms with Gasteiger partial charge in [-0.25, -0.2) is 4.98 Å². The molecule has 1 aromatic rings. The van der Waals surface area contributed by atoms with Gasteiger partial charge < -0.3 is 10.3 Å². The third kappa shape index (κ3) is 4.00. The average Bonchev–Trinajstić information content (AvgIpc) is 2.44. The van der Waals surface area contributed by atoms with Gasteiger partial charge in [0.05, 0.1) is 10.9 Å². The minimum absolute atomic E-state index is 0.0380. The lowest BCUT2D eigenvalue weighted by molar-refractivity contribution is 0.685. The van der Waals surface area contributed by atoms with E-state index in [0.717, 1.165) is 30.2 Å². The largest absolute Gasteiger partial charge is 0.311 e. The van der Waals surface area contributed by atoms with Crippen LogP contribution in [0.25, 0.3) is 0 Å². The number of thioether (sulfide) groups is 2. The van der Waals surface area contributed by atoms with E-state index in [-0.39, 0.29) is 5.56 Å². The molecule has 0 spiro atoms. The Hall–Kier alpha value is -0.460. The Morgan fingerprint density at radius 1 is 1.42 bits per heavy atom. The van der Waals surface area contributed by atoms with Gasteiger partial charge in [-0.1, -0.05) is 13.8 Å². The summed E-state index contributed by atoms with van der Waals surface area (Å²) in [6, 6.07) is 1.59. The summed E-state index contributed by atoms with van der Waals surface area (Å²) < 4.78 is 0. The number of H-pyrrole nitrogens is 1. The summed E-state index contributed by atoms with van der Waals surface area (Å²) >= 11 is 3.91. The van der Waals surface area contributed by atoms with E-state index < -0.39 is 0 Å². The van der Waals surface area contributed by atoms with E-state index in [1.807, 2.05) is 23.5 Å². The second kappa shape index (κ2) is 7.36. The van der Waals surface area contributed by atoms with E-state index in [2.05, 4.69) is 29.1 Å². The second-order valence-electron chi connectivity index (χ2n) is 4.51. The Balaban J connectivity index is 2.22. The predicted molar refractivity (Wildman–Crippen MR) is 84.0 cm³/mol. The zero-order valence-electron chi connectivity index (χ0n) is 11.4. The molecular weight excluding hydrogens is 278 g/mol. The summed E-state index contributed by atoms with van der Waals surface area (Å²) in [7, 11) is 0. The van der Waals surface area contributed by atoms with E-state index >= 15 is 0 Å². The van der Waals surface area contributed by atoms with Crippen LogP contribution >= 0.6 is 23.5 Å². The Kier molecular flexibility index (Phi) is 5.78. The van der Waals surface area contributed by atoms with Crippen molar-refractivity contribution in [1.29, 1.82) is 0 Å². The van der Waals surface area contributed by atoms with E-state index in [1.54, 1.807) is 6.07 Å². The van der Waals surface area contributed by atoms with Gasteiger partial charge in [-0.3, -0.25) is 4.79 Å². The molecule has 6 heteroatoms. The van der Waals surface area contributed by atoms with Gasteiger partial charge in [-0.15, -0.1) is 11.8 Å². The first-order valence-corrected chi connectivity index (χ1v) is 8.88. The molecule has 106 valence electrons. The molecule has 19 heavy (non-hydrogen) atoms. The van der Waals surface area contributed by atoms with Crippen LogP contribution in [0, 0.1) is 0 Å². The lowest BCUT2D eigenvalue weighted by Gasteiger charge is -2.29. The van der Waals surface area contributed by atoms with Crippen molar-refractivity contribution < 1.29 is 0 Å². The van der Waals surface area contributed by atoms with Crippen LogP contribution in [0.5, 0.6) is 0 Å². The number of rotatable bonds is 5. The number of hydrogen-bond acceptors (Lipinski definition) is 5. The maximum absolute atomic E-state index is 11.8. The monoisotopic (exact) mass is 299 g/mol. The predicted octanol–water partition coefficient (Wildman–Crippen LogP) is 2.18. The van der Waals surface area contributed by atoms with Gasteiger partial charge in [0, 0.05) is 29.4 Å². The van der Waals surface area contributed by atoms with E-state index in [4.69, 9.17) is 0 Å². The molecule has 0 bridgehead atoms. The molecule has 0 amide bonds. The molecule has 1 aromatic heterocycles. The first-order valence-electron chi connectivity index (χ1n) is 6.78. The van der Waals surface area contributed by atoms with Gasteiger partial charge in [0.1, 0.15) is 5.82 Å². The molecule has 2 unspecified atom stereocenters. The molecular formula is C13H21N3OS2. The summed E-state index contributed by atoms with van der Waals surface area (Å²) in [5, 5.41) is 4.09. The van der Waals surface area contributed by atoms with Gasteiger partial charge >= 0.3 is 0 Å². The van der Waals surface area contributed by atoms with Crippen LogP contribution in [0.15, 0.2) is 10.9 Å². The van der Waals surface area contributed by atoms with Crippen molar-refractivity contribution in [2.45, 2.75) is 37.3 Å². The lowest BCUT2D eigenvalue weighted by atomic mass is 10.2. The van der Waals surface area contributed by atoms with Crippen molar-refractivity contribution in [3.63, 3.8) is 0 Å². The number of nitrogens with zero attached hydrogens (tertiary/aromatic N) is 1. The van der Waals surface area contributed by atoms with Crippen LogP contribution in [0.1, 0.15) is 37.0 Å². The maximum atomic E-state index is 11.8. The van der Waals surface area contributed by atoms with Crippen LogP contribution in [0.3, 0.4) is 0 Å². The summed E-state index contributed by atoms with van der Waals surface area (Å²) in [5.74, 6) is 3.18. The highest BCUT2D eigenvalue weighted by molar-refractivity contribution is 8.06. The highest BCUT2D eigenvalue weighted by Crippen LogP contribution is 2.42. The Morgan fingerprint density at radius 2 is 2.21 bits per heavy atom. The molecule has 1 aliphatic rings. The highest BCUT2D eigenvalue weighted by Gasteiger charge is 2.28. The van der Waals surface area contributed by atoms with Crippen molar-refractivity contribution in [3.8, 4) is 0 Å². The van der Waals surface area contributed by atoms with Crippen molar-refractivity contribution in [1.82, 2.24) is 15.3 Å². The molecule has 2 atom stereocenters. The number of aromatic nitrogens is 2. The SMILES string of the molecule is CCNCc1cc(=O)[nH]c(C2SCCSC2CC)n1. The minimum Gasteiger partial charge on any atom is -0.311 e. The summed E-state index contributed by atoms with van der Waals surface area (Å²) in [5.41, 5.74) is 0.801. The number of nitrogens with one attached hydrogen (secondary N) is 2. The number of hydrogen-bond donors (Lipinski definition) is 2. The van der Waals surface area contributed by atoms with E-state index in [9.17, 15) is 4.79 Å². The fourth-order valence-corrected chi connectivity index (χ4v) is 5.18. The van der Waals surface area contributed by atoms with Crippen molar-refractivity contribution >= 4 is 23.5 Å². The topological polar surface area (TPSA) is 57.8 Å². The van der Waals surface area contributed by atoms with Crippen molar-refractivity contribution in [2.75, 3.05) is 18.1 Å². The molecule has 4 nitrogen and oxygen atoms in total. The molecule has 1 fully saturated rings. The van der Waals surface area contributed by atoms with Gasteiger partial charge in [-0.2, -0.15) is 11.8 Å². The second-order valence-corrected chi connectivity index (χ2v) is 7.11. The van der Waals surface area contributed by atoms with E-state index in [0.29, 0.717) is 17.0 Å². The molecule has 2 rings (SSSR count). The van der Waals surface area contributed by atoms with Crippen molar-refractivity contribution in [2.24, 2.45) is 0 Å². The quantitative estimate of drug-likeness (QED) is 0.873.